The van der Waals surface area contributed by atoms with E-state index in [0.29, 0.717) is 0 Å². The van der Waals surface area contributed by atoms with Crippen molar-refractivity contribution in [2.45, 2.75) is 12.8 Å². The summed E-state index contributed by atoms with van der Waals surface area (Å²) in [6, 6.07) is 58.3. The van der Waals surface area contributed by atoms with Crippen LogP contribution >= 0.6 is 0 Å². The Labute approximate surface area is 257 Å². The average molecular weight is 559 g/mol. The molecule has 8 aromatic rings. The van der Waals surface area contributed by atoms with Crippen LogP contribution in [-0.4, -0.2) is 0 Å². The summed E-state index contributed by atoms with van der Waals surface area (Å²) in [5, 5.41) is 7.76. The van der Waals surface area contributed by atoms with E-state index < -0.39 is 0 Å². The van der Waals surface area contributed by atoms with Crippen molar-refractivity contribution in [1.82, 2.24) is 0 Å². The molecule has 1 aliphatic rings. The van der Waals surface area contributed by atoms with Gasteiger partial charge in [0.15, 0.2) is 0 Å². The Balaban J connectivity index is 1.40. The summed E-state index contributed by atoms with van der Waals surface area (Å²) < 4.78 is 0. The molecule has 0 fully saturated rings. The van der Waals surface area contributed by atoms with Gasteiger partial charge >= 0.3 is 0 Å². The van der Waals surface area contributed by atoms with Gasteiger partial charge in [-0.3, -0.25) is 0 Å². The average Bonchev–Trinajstić information content (AvgIpc) is 3.10. The van der Waals surface area contributed by atoms with Gasteiger partial charge in [-0.1, -0.05) is 152 Å². The van der Waals surface area contributed by atoms with Crippen molar-refractivity contribution in [1.29, 1.82) is 0 Å². The highest BCUT2D eigenvalue weighted by molar-refractivity contribution is 6.22. The van der Waals surface area contributed by atoms with E-state index in [1.54, 1.807) is 0 Å². The van der Waals surface area contributed by atoms with Gasteiger partial charge in [0.1, 0.15) is 0 Å². The van der Waals surface area contributed by atoms with Crippen molar-refractivity contribution in [3.05, 3.63) is 169 Å². The highest BCUT2D eigenvalue weighted by Crippen LogP contribution is 2.50. The molecule has 0 aliphatic heterocycles. The third kappa shape index (κ3) is 3.85. The number of aryl methyl sites for hydroxylation is 1. The molecule has 0 bridgehead atoms. The molecular weight excluding hydrogens is 528 g/mol. The van der Waals surface area contributed by atoms with Crippen LogP contribution in [0.4, 0.5) is 0 Å². The van der Waals surface area contributed by atoms with Crippen LogP contribution in [0.25, 0.3) is 76.8 Å². The Morgan fingerprint density at radius 3 is 1.66 bits per heavy atom. The van der Waals surface area contributed by atoms with Crippen molar-refractivity contribution in [3.63, 3.8) is 0 Å². The first-order valence-corrected chi connectivity index (χ1v) is 15.6. The molecule has 0 unspecified atom stereocenters. The van der Waals surface area contributed by atoms with Gasteiger partial charge in [-0.2, -0.15) is 0 Å². The summed E-state index contributed by atoms with van der Waals surface area (Å²) in [7, 11) is 0. The molecule has 0 nitrogen and oxygen atoms in total. The molecule has 0 aromatic heterocycles. The number of hydrogen-bond acceptors (Lipinski definition) is 0. The highest BCUT2D eigenvalue weighted by atomic mass is 14.3. The summed E-state index contributed by atoms with van der Waals surface area (Å²) in [6.45, 7) is 0. The normalized spacial score (nSPS) is 12.4. The van der Waals surface area contributed by atoms with E-state index in [9.17, 15) is 0 Å². The van der Waals surface area contributed by atoms with E-state index in [2.05, 4.69) is 158 Å². The summed E-state index contributed by atoms with van der Waals surface area (Å²) in [4.78, 5) is 0. The van der Waals surface area contributed by atoms with Crippen molar-refractivity contribution in [3.8, 4) is 44.5 Å². The zero-order chi connectivity index (χ0) is 29.0. The Morgan fingerprint density at radius 2 is 0.909 bits per heavy atom. The molecule has 44 heavy (non-hydrogen) atoms. The van der Waals surface area contributed by atoms with Crippen LogP contribution in [0.2, 0.25) is 0 Å². The minimum Gasteiger partial charge on any atom is -0.0622 e. The molecule has 206 valence electrons. The third-order valence-electron chi connectivity index (χ3n) is 9.57. The number of benzene rings is 8. The van der Waals surface area contributed by atoms with E-state index in [-0.39, 0.29) is 0 Å². The zero-order valence-electron chi connectivity index (χ0n) is 24.4. The molecule has 0 heteroatoms. The lowest BCUT2D eigenvalue weighted by molar-refractivity contribution is 0.944. The second kappa shape index (κ2) is 10.1. The van der Waals surface area contributed by atoms with Gasteiger partial charge in [0.05, 0.1) is 0 Å². The maximum Gasteiger partial charge on any atom is -0.00200 e. The van der Waals surface area contributed by atoms with Crippen LogP contribution in [0.1, 0.15) is 11.1 Å². The summed E-state index contributed by atoms with van der Waals surface area (Å²) in [6.07, 6.45) is 2.09. The maximum atomic E-state index is 2.40. The quantitative estimate of drug-likeness (QED) is 0.189. The van der Waals surface area contributed by atoms with Crippen molar-refractivity contribution < 1.29 is 0 Å². The van der Waals surface area contributed by atoms with Gasteiger partial charge in [-0.25, -0.2) is 0 Å². The second-order valence-electron chi connectivity index (χ2n) is 11.9. The summed E-state index contributed by atoms with van der Waals surface area (Å²) in [5.74, 6) is 0. The van der Waals surface area contributed by atoms with Crippen LogP contribution in [0, 0.1) is 0 Å². The largest absolute Gasteiger partial charge is 0.0622 e. The van der Waals surface area contributed by atoms with Gasteiger partial charge in [0, 0.05) is 0 Å². The lowest BCUT2D eigenvalue weighted by Crippen LogP contribution is -2.07. The fraction of sp³-hybridized carbons (Fsp3) is 0.0455. The molecule has 0 saturated heterocycles. The lowest BCUT2D eigenvalue weighted by atomic mass is 9.76. The molecule has 1 aliphatic carbocycles. The number of fused-ring (bicyclic) bond motifs is 6. The maximum absolute atomic E-state index is 2.40. The van der Waals surface area contributed by atoms with Crippen LogP contribution < -0.4 is 0 Å². The Morgan fingerprint density at radius 1 is 0.318 bits per heavy atom. The first-order valence-electron chi connectivity index (χ1n) is 15.6. The summed E-state index contributed by atoms with van der Waals surface area (Å²) in [5.41, 5.74) is 13.5. The molecule has 9 rings (SSSR count). The SMILES string of the molecule is c1ccc(-c2c3ccccc3c(-c3ccc(-c4ccc5ccccc5c4)c4c3-c3ccccc3CC4)c3ccccc23)cc1. The lowest BCUT2D eigenvalue weighted by Gasteiger charge is -2.27. The molecule has 0 saturated carbocycles. The monoisotopic (exact) mass is 558 g/mol. The predicted molar refractivity (Wildman–Crippen MR) is 188 cm³/mol. The molecule has 0 spiro atoms. The minimum atomic E-state index is 1.03. The van der Waals surface area contributed by atoms with Crippen molar-refractivity contribution in [2.75, 3.05) is 0 Å². The van der Waals surface area contributed by atoms with E-state index in [1.165, 1.54) is 88.0 Å². The van der Waals surface area contributed by atoms with Crippen LogP contribution in [0.15, 0.2) is 158 Å². The molecule has 0 amide bonds. The number of hydrogen-bond donors (Lipinski definition) is 0. The fourth-order valence-corrected chi connectivity index (χ4v) is 7.63. The minimum absolute atomic E-state index is 1.03. The van der Waals surface area contributed by atoms with E-state index >= 15 is 0 Å². The van der Waals surface area contributed by atoms with Gasteiger partial charge in [-0.15, -0.1) is 0 Å². The molecule has 0 heterocycles. The Kier molecular flexibility index (Phi) is 5.74. The molecule has 8 aromatic carbocycles. The highest BCUT2D eigenvalue weighted by Gasteiger charge is 2.26. The van der Waals surface area contributed by atoms with Crippen LogP contribution in [0.5, 0.6) is 0 Å². The van der Waals surface area contributed by atoms with Crippen LogP contribution in [-0.2, 0) is 12.8 Å². The van der Waals surface area contributed by atoms with Gasteiger partial charge in [0.25, 0.3) is 0 Å². The second-order valence-corrected chi connectivity index (χ2v) is 11.9. The van der Waals surface area contributed by atoms with E-state index in [4.69, 9.17) is 0 Å². The van der Waals surface area contributed by atoms with Crippen molar-refractivity contribution >= 4 is 32.3 Å². The van der Waals surface area contributed by atoms with E-state index in [0.717, 1.165) is 12.8 Å². The van der Waals surface area contributed by atoms with Gasteiger partial charge in [-0.05, 0) is 107 Å². The summed E-state index contributed by atoms with van der Waals surface area (Å²) >= 11 is 0. The van der Waals surface area contributed by atoms with Gasteiger partial charge in [0.2, 0.25) is 0 Å². The molecule has 0 atom stereocenters. The predicted octanol–water partition coefficient (Wildman–Crippen LogP) is 11.9. The van der Waals surface area contributed by atoms with Crippen molar-refractivity contribution in [2.24, 2.45) is 0 Å². The number of rotatable bonds is 3. The first-order chi connectivity index (χ1) is 21.8. The Bertz CT molecular complexity index is 2320. The third-order valence-corrected chi connectivity index (χ3v) is 9.57. The van der Waals surface area contributed by atoms with Crippen LogP contribution in [0.3, 0.4) is 0 Å². The molecular formula is C44H30. The van der Waals surface area contributed by atoms with E-state index in [1.807, 2.05) is 0 Å². The topological polar surface area (TPSA) is 0 Å². The van der Waals surface area contributed by atoms with Gasteiger partial charge < -0.3 is 0 Å². The standard InChI is InChI=1S/C44H30/c1-2-14-31(15-3-1)42-36-18-8-10-20-38(36)44(39-21-11-9-19-37(39)42)41-27-26-34(33-23-22-29-12-4-5-16-32(29)28-33)40-25-24-30-13-6-7-17-35(30)43(40)41/h1-23,26-28H,24-25H2. The Hall–Kier alpha value is -5.46. The smallest absolute Gasteiger partial charge is 0.00200 e. The molecule has 0 radical (unpaired) electrons. The molecule has 0 N–H and O–H groups in total. The fourth-order valence-electron chi connectivity index (χ4n) is 7.63. The first kappa shape index (κ1) is 25.1. The zero-order valence-corrected chi connectivity index (χ0v) is 24.4.